The Morgan fingerprint density at radius 2 is 1.17 bits per heavy atom. The van der Waals surface area contributed by atoms with Crippen LogP contribution in [0.4, 0.5) is 0 Å². The van der Waals surface area contributed by atoms with E-state index in [9.17, 15) is 0 Å². The van der Waals surface area contributed by atoms with E-state index in [0.29, 0.717) is 0 Å². The van der Waals surface area contributed by atoms with Gasteiger partial charge in [-0.1, -0.05) is 116 Å². The first-order valence-corrected chi connectivity index (χ1v) is 18.0. The van der Waals surface area contributed by atoms with Crippen molar-refractivity contribution < 1.29 is 20.1 Å². The van der Waals surface area contributed by atoms with Gasteiger partial charge in [0.05, 0.1) is 0 Å². The van der Waals surface area contributed by atoms with E-state index in [1.54, 1.807) is 6.20 Å². The predicted octanol–water partition coefficient (Wildman–Crippen LogP) is 13.0. The molecule has 0 spiro atoms. The number of nitrogens with zero attached hydrogens (tertiary/aromatic N) is 2. The molecule has 52 heavy (non-hydrogen) atoms. The number of aryl methyl sites for hydroxylation is 1. The fourth-order valence-corrected chi connectivity index (χ4v) is 7.61. The molecule has 253 valence electrons. The molecule has 9 aromatic rings. The van der Waals surface area contributed by atoms with Crippen LogP contribution < -0.4 is 0 Å². The van der Waals surface area contributed by atoms with E-state index in [2.05, 4.69) is 145 Å². The molecule has 0 amide bonds. The molecule has 3 heterocycles. The van der Waals surface area contributed by atoms with E-state index < -0.39 is 0 Å². The van der Waals surface area contributed by atoms with Gasteiger partial charge < -0.3 is 9.97 Å². The second-order valence-electron chi connectivity index (χ2n) is 12.3. The van der Waals surface area contributed by atoms with Crippen molar-refractivity contribution in [2.24, 2.45) is 0 Å². The number of hydrogen-bond acceptors (Lipinski definition) is 3. The van der Waals surface area contributed by atoms with Gasteiger partial charge >= 0.3 is 0 Å². The van der Waals surface area contributed by atoms with Crippen LogP contribution in [-0.2, 0) is 26.5 Å². The smallest absolute Gasteiger partial charge is 0.0433 e. The molecule has 2 nitrogen and oxygen atoms in total. The van der Waals surface area contributed by atoms with Crippen LogP contribution in [0.5, 0.6) is 0 Å². The number of thiophene rings is 1. The minimum absolute atomic E-state index is 0. The summed E-state index contributed by atoms with van der Waals surface area (Å²) >= 11 is 1.88. The quantitative estimate of drug-likeness (QED) is 0.156. The first-order valence-electron chi connectivity index (χ1n) is 17.2. The predicted molar refractivity (Wildman–Crippen MR) is 216 cm³/mol. The molecule has 3 aromatic heterocycles. The molecule has 0 bridgehead atoms. The SMILES string of the molecule is CCc1cccc(-c2[c-]ccc(-c3ccc(-c4ccc(-c5cccc6c5sc5ccccc56)cc4)cc3)c2)n1.[Ir].[c-]1ccccc1-c1ccccn1. The summed E-state index contributed by atoms with van der Waals surface area (Å²) in [6, 6.07) is 65.8. The van der Waals surface area contributed by atoms with Crippen LogP contribution >= 0.6 is 11.3 Å². The van der Waals surface area contributed by atoms with E-state index in [1.165, 1.54) is 53.6 Å². The Kier molecular flexibility index (Phi) is 10.9. The molecule has 0 N–H and O–H groups in total. The van der Waals surface area contributed by atoms with Crippen LogP contribution in [0.3, 0.4) is 0 Å². The van der Waals surface area contributed by atoms with Gasteiger partial charge in [-0.25, -0.2) is 0 Å². The van der Waals surface area contributed by atoms with Gasteiger partial charge in [0.25, 0.3) is 0 Å². The zero-order chi connectivity index (χ0) is 34.4. The standard InChI is InChI=1S/C37H26NS.C11H8N.Ir/c1-2-31-10-6-14-35(38-31)30-9-5-8-29(24-30)27-18-16-25(17-19-27)26-20-22-28(23-21-26)32-12-7-13-34-33-11-3-4-15-36(33)39-37(32)34;1-2-6-10(7-3-1)11-8-4-5-9-12-11;/h3-8,10-24H,2H2,1H3;1-6,8-9H;/q2*-1;. The molecule has 0 saturated heterocycles. The fourth-order valence-electron chi connectivity index (χ4n) is 6.37. The summed E-state index contributed by atoms with van der Waals surface area (Å²) in [6.07, 6.45) is 2.72. The van der Waals surface area contributed by atoms with Crippen molar-refractivity contribution in [2.45, 2.75) is 13.3 Å². The van der Waals surface area contributed by atoms with Crippen LogP contribution in [0, 0.1) is 12.1 Å². The van der Waals surface area contributed by atoms with E-state index in [1.807, 2.05) is 59.9 Å². The third-order valence-electron chi connectivity index (χ3n) is 9.05. The molecule has 6 aromatic carbocycles. The monoisotopic (exact) mass is 863 g/mol. The summed E-state index contributed by atoms with van der Waals surface area (Å²) in [7, 11) is 0. The Balaban J connectivity index is 0.000000275. The van der Waals surface area contributed by atoms with Gasteiger partial charge in [-0.15, -0.1) is 82.6 Å². The summed E-state index contributed by atoms with van der Waals surface area (Å²) in [5.41, 5.74) is 12.4. The van der Waals surface area contributed by atoms with E-state index in [-0.39, 0.29) is 20.1 Å². The van der Waals surface area contributed by atoms with Gasteiger partial charge in [0, 0.05) is 52.2 Å². The van der Waals surface area contributed by atoms with Crippen LogP contribution in [0.25, 0.3) is 76.1 Å². The summed E-state index contributed by atoms with van der Waals surface area (Å²) < 4.78 is 2.69. The third-order valence-corrected chi connectivity index (χ3v) is 10.3. The van der Waals surface area contributed by atoms with Crippen LogP contribution in [-0.4, -0.2) is 9.97 Å². The molecule has 0 aliphatic carbocycles. The summed E-state index contributed by atoms with van der Waals surface area (Å²) in [4.78, 5) is 8.99. The van der Waals surface area contributed by atoms with Gasteiger partial charge in [0.2, 0.25) is 0 Å². The average Bonchev–Trinajstić information content (AvgIpc) is 3.61. The van der Waals surface area contributed by atoms with Gasteiger partial charge in [-0.3, -0.25) is 0 Å². The Morgan fingerprint density at radius 1 is 0.519 bits per heavy atom. The van der Waals surface area contributed by atoms with Gasteiger partial charge in [0.15, 0.2) is 0 Å². The van der Waals surface area contributed by atoms with E-state index in [0.717, 1.165) is 34.6 Å². The van der Waals surface area contributed by atoms with Crippen molar-refractivity contribution >= 4 is 31.5 Å². The second kappa shape index (κ2) is 16.2. The van der Waals surface area contributed by atoms with Crippen LogP contribution in [0.2, 0.25) is 0 Å². The second-order valence-corrected chi connectivity index (χ2v) is 13.3. The molecule has 0 aliphatic rings. The maximum Gasteiger partial charge on any atom is 0.0433 e. The first-order chi connectivity index (χ1) is 25.2. The third kappa shape index (κ3) is 7.56. The molecular weight excluding hydrogens is 829 g/mol. The first kappa shape index (κ1) is 34.9. The number of fused-ring (bicyclic) bond motifs is 3. The Morgan fingerprint density at radius 3 is 1.90 bits per heavy atom. The molecule has 0 saturated carbocycles. The van der Waals surface area contributed by atoms with Crippen molar-refractivity contribution in [3.05, 3.63) is 194 Å². The zero-order valence-corrected chi connectivity index (χ0v) is 31.8. The number of pyridine rings is 2. The molecule has 4 heteroatoms. The van der Waals surface area contributed by atoms with Gasteiger partial charge in [-0.05, 0) is 63.8 Å². The summed E-state index contributed by atoms with van der Waals surface area (Å²) in [5.74, 6) is 0. The molecule has 0 unspecified atom stereocenters. The Hall–Kier alpha value is -5.51. The number of aromatic nitrogens is 2. The summed E-state index contributed by atoms with van der Waals surface area (Å²) in [6.45, 7) is 2.13. The Bertz CT molecular complexity index is 2510. The number of hydrogen-bond donors (Lipinski definition) is 0. The topological polar surface area (TPSA) is 25.8 Å². The molecule has 9 rings (SSSR count). The average molecular weight is 863 g/mol. The van der Waals surface area contributed by atoms with Crippen LogP contribution in [0.1, 0.15) is 12.6 Å². The van der Waals surface area contributed by atoms with E-state index >= 15 is 0 Å². The van der Waals surface area contributed by atoms with E-state index in [4.69, 9.17) is 4.98 Å². The zero-order valence-electron chi connectivity index (χ0n) is 28.6. The molecule has 0 atom stereocenters. The minimum atomic E-state index is 0. The molecule has 1 radical (unpaired) electrons. The molecule has 0 aliphatic heterocycles. The van der Waals surface area contributed by atoms with Crippen molar-refractivity contribution in [1.29, 1.82) is 0 Å². The van der Waals surface area contributed by atoms with Crippen molar-refractivity contribution in [1.82, 2.24) is 9.97 Å². The number of benzene rings is 6. The Labute approximate surface area is 322 Å². The largest absolute Gasteiger partial charge is 0.305 e. The van der Waals surface area contributed by atoms with Gasteiger partial charge in [0.1, 0.15) is 0 Å². The normalized spacial score (nSPS) is 10.7. The maximum atomic E-state index is 4.78. The van der Waals surface area contributed by atoms with Crippen molar-refractivity contribution in [3.8, 4) is 55.9 Å². The minimum Gasteiger partial charge on any atom is -0.305 e. The van der Waals surface area contributed by atoms with Crippen molar-refractivity contribution in [2.75, 3.05) is 0 Å². The molecular formula is C48H34IrN2S-2. The fraction of sp³-hybridized carbons (Fsp3) is 0.0417. The maximum absolute atomic E-state index is 4.78. The number of rotatable bonds is 6. The molecule has 0 fully saturated rings. The van der Waals surface area contributed by atoms with Gasteiger partial charge in [-0.2, -0.15) is 0 Å². The van der Waals surface area contributed by atoms with Crippen molar-refractivity contribution in [3.63, 3.8) is 0 Å². The van der Waals surface area contributed by atoms with Crippen LogP contribution in [0.15, 0.2) is 176 Å². The summed E-state index contributed by atoms with van der Waals surface area (Å²) in [5, 5.41) is 2.67.